The maximum atomic E-state index is 14.0. The van der Waals surface area contributed by atoms with Crippen molar-refractivity contribution in [3.05, 3.63) is 142 Å². The molecule has 0 amide bonds. The van der Waals surface area contributed by atoms with Gasteiger partial charge in [-0.25, -0.2) is 4.98 Å². The van der Waals surface area contributed by atoms with E-state index in [4.69, 9.17) is 4.98 Å². The summed E-state index contributed by atoms with van der Waals surface area (Å²) in [5.74, 6) is 1.11. The fraction of sp³-hybridized carbons (Fsp3) is 0.161. The molecule has 0 saturated carbocycles. The number of hydrogen-bond donors (Lipinski definition) is 1. The fourth-order valence-electron chi connectivity index (χ4n) is 6.07. The maximum absolute atomic E-state index is 14.0. The van der Waals surface area contributed by atoms with Crippen molar-refractivity contribution in [2.45, 2.75) is 18.5 Å². The molecule has 0 bridgehead atoms. The van der Waals surface area contributed by atoms with Crippen LogP contribution in [0, 0.1) is 5.92 Å². The number of rotatable bonds is 3. The number of nitrogens with one attached hydrogen (secondary N) is 1. The number of benzene rings is 3. The van der Waals surface area contributed by atoms with Crippen molar-refractivity contribution in [1.29, 1.82) is 0 Å². The van der Waals surface area contributed by atoms with Crippen LogP contribution in [0.1, 0.15) is 34.2 Å². The zero-order valence-corrected chi connectivity index (χ0v) is 19.8. The number of aromatic nitrogens is 2. The number of anilines is 2. The molecule has 7 rings (SSSR count). The van der Waals surface area contributed by atoms with Gasteiger partial charge in [0.25, 0.3) is 5.56 Å². The summed E-state index contributed by atoms with van der Waals surface area (Å²) >= 11 is 0. The average Bonchev–Trinajstić information content (AvgIpc) is 2.93. The summed E-state index contributed by atoms with van der Waals surface area (Å²) in [5.41, 5.74) is 6.28. The molecular formula is C31H26N4O. The van der Waals surface area contributed by atoms with Gasteiger partial charge in [-0.15, -0.1) is 0 Å². The maximum Gasteiger partial charge on any atom is 0.265 e. The van der Waals surface area contributed by atoms with Crippen molar-refractivity contribution >= 4 is 17.2 Å². The third kappa shape index (κ3) is 3.31. The lowest BCUT2D eigenvalue weighted by molar-refractivity contribution is 0.368. The van der Waals surface area contributed by atoms with Crippen LogP contribution in [0.25, 0.3) is 5.65 Å². The summed E-state index contributed by atoms with van der Waals surface area (Å²) in [4.78, 5) is 21.4. The van der Waals surface area contributed by atoms with Crippen molar-refractivity contribution in [2.75, 3.05) is 16.8 Å². The van der Waals surface area contributed by atoms with E-state index in [-0.39, 0.29) is 23.4 Å². The third-order valence-electron chi connectivity index (χ3n) is 7.63. The molecule has 0 unspecified atom stereocenters. The van der Waals surface area contributed by atoms with E-state index in [0.29, 0.717) is 12.2 Å². The minimum Gasteiger partial charge on any atom is -0.377 e. The Labute approximate surface area is 209 Å². The summed E-state index contributed by atoms with van der Waals surface area (Å²) in [6.45, 7) is 1.50. The molecule has 0 spiro atoms. The highest BCUT2D eigenvalue weighted by Crippen LogP contribution is 2.51. The Morgan fingerprint density at radius 2 is 1.56 bits per heavy atom. The minimum absolute atomic E-state index is 0.00190. The van der Waals surface area contributed by atoms with Crippen LogP contribution in [-0.4, -0.2) is 15.9 Å². The summed E-state index contributed by atoms with van der Waals surface area (Å²) in [6, 6.07) is 35.3. The highest BCUT2D eigenvalue weighted by Gasteiger charge is 2.45. The number of hydrogen-bond acceptors (Lipinski definition) is 4. The van der Waals surface area contributed by atoms with Crippen molar-refractivity contribution in [3.63, 3.8) is 0 Å². The van der Waals surface area contributed by atoms with Gasteiger partial charge in [-0.3, -0.25) is 9.20 Å². The Morgan fingerprint density at radius 3 is 2.39 bits per heavy atom. The fourth-order valence-corrected chi connectivity index (χ4v) is 6.07. The first kappa shape index (κ1) is 20.9. The van der Waals surface area contributed by atoms with Gasteiger partial charge in [0.2, 0.25) is 0 Å². The molecule has 2 aromatic heterocycles. The monoisotopic (exact) mass is 470 g/mol. The first-order valence-electron chi connectivity index (χ1n) is 12.5. The molecule has 0 aliphatic carbocycles. The van der Waals surface area contributed by atoms with Crippen LogP contribution in [0.15, 0.2) is 114 Å². The molecule has 0 saturated heterocycles. The Kier molecular flexibility index (Phi) is 4.88. The van der Waals surface area contributed by atoms with Crippen LogP contribution in [0.3, 0.4) is 0 Å². The van der Waals surface area contributed by atoms with Gasteiger partial charge in [-0.1, -0.05) is 84.9 Å². The van der Waals surface area contributed by atoms with E-state index in [1.807, 2.05) is 30.5 Å². The summed E-state index contributed by atoms with van der Waals surface area (Å²) in [5, 5.41) is 3.76. The second-order valence-corrected chi connectivity index (χ2v) is 9.71. The quantitative estimate of drug-likeness (QED) is 0.371. The predicted octanol–water partition coefficient (Wildman–Crippen LogP) is 5.63. The molecule has 3 atom stereocenters. The molecular weight excluding hydrogens is 444 g/mol. The first-order chi connectivity index (χ1) is 17.8. The van der Waals surface area contributed by atoms with Gasteiger partial charge in [-0.05, 0) is 34.9 Å². The van der Waals surface area contributed by atoms with Crippen molar-refractivity contribution in [2.24, 2.45) is 5.92 Å². The van der Waals surface area contributed by atoms with E-state index < -0.39 is 0 Å². The molecule has 0 fully saturated rings. The smallest absolute Gasteiger partial charge is 0.265 e. The molecule has 5 aromatic rings. The van der Waals surface area contributed by atoms with Gasteiger partial charge in [0, 0.05) is 36.8 Å². The summed E-state index contributed by atoms with van der Waals surface area (Å²) in [7, 11) is 0. The third-order valence-corrected chi connectivity index (χ3v) is 7.63. The highest BCUT2D eigenvalue weighted by molar-refractivity contribution is 5.65. The lowest BCUT2D eigenvalue weighted by Gasteiger charge is -2.47. The lowest BCUT2D eigenvalue weighted by Crippen LogP contribution is -2.48. The largest absolute Gasteiger partial charge is 0.377 e. The Morgan fingerprint density at radius 1 is 0.833 bits per heavy atom. The average molecular weight is 471 g/mol. The van der Waals surface area contributed by atoms with Crippen molar-refractivity contribution in [3.8, 4) is 0 Å². The summed E-state index contributed by atoms with van der Waals surface area (Å²) in [6.07, 6.45) is 1.82. The molecule has 1 N–H and O–H groups in total. The van der Waals surface area contributed by atoms with Crippen molar-refractivity contribution in [1.82, 2.24) is 9.38 Å². The number of nitrogens with zero attached hydrogens (tertiary/aromatic N) is 3. The van der Waals surface area contributed by atoms with Gasteiger partial charge in [0.05, 0.1) is 11.6 Å². The van der Waals surface area contributed by atoms with E-state index in [2.05, 4.69) is 89.1 Å². The Bertz CT molecular complexity index is 1610. The van der Waals surface area contributed by atoms with Crippen LogP contribution in [-0.2, 0) is 6.54 Å². The van der Waals surface area contributed by atoms with Crippen LogP contribution >= 0.6 is 0 Å². The lowest BCUT2D eigenvalue weighted by atomic mass is 9.70. The van der Waals surface area contributed by atoms with E-state index in [1.165, 1.54) is 16.7 Å². The van der Waals surface area contributed by atoms with Crippen LogP contribution in [0.5, 0.6) is 0 Å². The molecule has 3 aromatic carbocycles. The summed E-state index contributed by atoms with van der Waals surface area (Å²) < 4.78 is 1.68. The molecule has 36 heavy (non-hydrogen) atoms. The van der Waals surface area contributed by atoms with E-state index >= 15 is 0 Å². The van der Waals surface area contributed by atoms with E-state index in [9.17, 15) is 4.79 Å². The molecule has 0 radical (unpaired) electrons. The van der Waals surface area contributed by atoms with Crippen LogP contribution in [0.2, 0.25) is 0 Å². The minimum atomic E-state index is -0.135. The normalized spacial score (nSPS) is 20.2. The van der Waals surface area contributed by atoms with E-state index in [0.717, 1.165) is 23.6 Å². The highest BCUT2D eigenvalue weighted by atomic mass is 16.1. The van der Waals surface area contributed by atoms with Gasteiger partial charge in [-0.2, -0.15) is 0 Å². The zero-order valence-electron chi connectivity index (χ0n) is 19.8. The zero-order chi connectivity index (χ0) is 24.1. The van der Waals surface area contributed by atoms with E-state index in [1.54, 1.807) is 4.40 Å². The topological polar surface area (TPSA) is 49.6 Å². The number of pyridine rings is 1. The van der Waals surface area contributed by atoms with Crippen LogP contribution < -0.4 is 15.8 Å². The number of fused-ring (bicyclic) bond motifs is 5. The molecule has 5 nitrogen and oxygen atoms in total. The molecule has 176 valence electrons. The van der Waals surface area contributed by atoms with Gasteiger partial charge in [0.15, 0.2) is 0 Å². The standard InChI is InChI=1S/C31H26N4O/c36-31-28-29-24(27(22-13-5-2-6-14-22)23-15-7-8-16-25(23)32-29)20-34(19-21-11-3-1-4-12-21)30(28)33-26-17-9-10-18-35(26)31/h1-18,24,27,29,32H,19-20H2/t24-,27+,29+/m0/s1. The molecule has 4 heterocycles. The van der Waals surface area contributed by atoms with Gasteiger partial charge in [0.1, 0.15) is 11.5 Å². The van der Waals surface area contributed by atoms with Gasteiger partial charge < -0.3 is 10.2 Å². The second-order valence-electron chi connectivity index (χ2n) is 9.71. The van der Waals surface area contributed by atoms with Gasteiger partial charge >= 0.3 is 0 Å². The molecule has 2 aliphatic heterocycles. The first-order valence-corrected chi connectivity index (χ1v) is 12.5. The molecule has 2 aliphatic rings. The Balaban J connectivity index is 1.46. The predicted molar refractivity (Wildman–Crippen MR) is 144 cm³/mol. The molecule has 5 heteroatoms. The SMILES string of the molecule is O=c1c2c(nc3ccccn13)N(Cc1ccccc1)C[C@H]1[C@H](c3ccccc3)c3ccccc3N[C@@H]21. The Hall–Kier alpha value is -4.38. The van der Waals surface area contributed by atoms with Crippen LogP contribution in [0.4, 0.5) is 11.5 Å². The second kappa shape index (κ2) is 8.38. The number of para-hydroxylation sites is 1. The van der Waals surface area contributed by atoms with Crippen molar-refractivity contribution < 1.29 is 0 Å².